The van der Waals surface area contributed by atoms with Crippen LogP contribution in [0.2, 0.25) is 0 Å². The predicted molar refractivity (Wildman–Crippen MR) is 97.7 cm³/mol. The summed E-state index contributed by atoms with van der Waals surface area (Å²) in [5.74, 6) is 1.51. The molecule has 1 saturated heterocycles. The topological polar surface area (TPSA) is 89.3 Å². The van der Waals surface area contributed by atoms with E-state index in [-0.39, 0.29) is 18.5 Å². The molecule has 0 bridgehead atoms. The van der Waals surface area contributed by atoms with Crippen LogP contribution in [0.4, 0.5) is 5.82 Å². The standard InChI is InChI=1S/C18H19N7O2/c26-17(14-27-18-19-6-3-7-20-18)25-12-10-24(11-13-25)16-5-4-15(21-22-16)23-8-1-2-9-23/h1-9H,10-14H2. The van der Waals surface area contributed by atoms with Gasteiger partial charge in [-0.3, -0.25) is 4.79 Å². The number of rotatable bonds is 5. The molecule has 0 aromatic carbocycles. The van der Waals surface area contributed by atoms with Crippen molar-refractivity contribution in [2.75, 3.05) is 37.7 Å². The highest BCUT2D eigenvalue weighted by Gasteiger charge is 2.22. The first-order chi connectivity index (χ1) is 13.3. The number of amides is 1. The zero-order valence-corrected chi connectivity index (χ0v) is 14.7. The number of nitrogens with zero attached hydrogens (tertiary/aromatic N) is 7. The van der Waals surface area contributed by atoms with Crippen LogP contribution in [0.15, 0.2) is 55.1 Å². The number of ether oxygens (including phenoxy) is 1. The Kier molecular flexibility index (Phi) is 4.91. The van der Waals surface area contributed by atoms with Crippen molar-refractivity contribution in [3.63, 3.8) is 0 Å². The first kappa shape index (κ1) is 17.0. The van der Waals surface area contributed by atoms with Crippen LogP contribution < -0.4 is 9.64 Å². The molecule has 0 unspecified atom stereocenters. The highest BCUT2D eigenvalue weighted by molar-refractivity contribution is 5.78. The molecule has 1 aliphatic heterocycles. The summed E-state index contributed by atoms with van der Waals surface area (Å²) in [6.45, 7) is 2.56. The average molecular weight is 365 g/mol. The molecule has 27 heavy (non-hydrogen) atoms. The molecule has 0 saturated carbocycles. The smallest absolute Gasteiger partial charge is 0.316 e. The van der Waals surface area contributed by atoms with Crippen LogP contribution in [0.3, 0.4) is 0 Å². The van der Waals surface area contributed by atoms with Crippen LogP contribution in [-0.2, 0) is 4.79 Å². The second-order valence-corrected chi connectivity index (χ2v) is 6.03. The molecular weight excluding hydrogens is 346 g/mol. The Morgan fingerprint density at radius 1 is 0.926 bits per heavy atom. The minimum Gasteiger partial charge on any atom is -0.453 e. The van der Waals surface area contributed by atoms with Gasteiger partial charge in [0.2, 0.25) is 0 Å². The summed E-state index contributed by atoms with van der Waals surface area (Å²) >= 11 is 0. The summed E-state index contributed by atoms with van der Waals surface area (Å²) in [6, 6.07) is 9.69. The molecule has 1 amide bonds. The van der Waals surface area contributed by atoms with Crippen molar-refractivity contribution < 1.29 is 9.53 Å². The lowest BCUT2D eigenvalue weighted by molar-refractivity contribution is -0.133. The van der Waals surface area contributed by atoms with E-state index >= 15 is 0 Å². The van der Waals surface area contributed by atoms with Gasteiger partial charge in [0, 0.05) is 51.0 Å². The number of hydrogen-bond acceptors (Lipinski definition) is 7. The van der Waals surface area contributed by atoms with Crippen molar-refractivity contribution in [1.82, 2.24) is 29.6 Å². The Hall–Kier alpha value is -3.49. The molecule has 1 aliphatic rings. The molecule has 0 radical (unpaired) electrons. The fourth-order valence-electron chi connectivity index (χ4n) is 2.87. The number of hydrogen-bond donors (Lipinski definition) is 0. The van der Waals surface area contributed by atoms with E-state index in [0.29, 0.717) is 26.2 Å². The minimum atomic E-state index is -0.0730. The second kappa shape index (κ2) is 7.81. The third kappa shape index (κ3) is 4.02. The summed E-state index contributed by atoms with van der Waals surface area (Å²) in [5.41, 5.74) is 0. The van der Waals surface area contributed by atoms with Gasteiger partial charge in [-0.15, -0.1) is 10.2 Å². The molecule has 4 heterocycles. The number of piperazine rings is 1. The molecular formula is C18H19N7O2. The number of aromatic nitrogens is 5. The first-order valence-corrected chi connectivity index (χ1v) is 8.69. The highest BCUT2D eigenvalue weighted by Crippen LogP contribution is 2.14. The Labute approximate surface area is 156 Å². The quantitative estimate of drug-likeness (QED) is 0.660. The van der Waals surface area contributed by atoms with E-state index in [0.717, 1.165) is 11.6 Å². The van der Waals surface area contributed by atoms with E-state index in [1.165, 1.54) is 0 Å². The van der Waals surface area contributed by atoms with Gasteiger partial charge in [0.05, 0.1) is 0 Å². The number of carbonyl (C=O) groups is 1. The van der Waals surface area contributed by atoms with E-state index in [9.17, 15) is 4.79 Å². The maximum Gasteiger partial charge on any atom is 0.316 e. The SMILES string of the molecule is O=C(COc1ncccn1)N1CCN(c2ccc(-n3cccc3)nn2)CC1. The van der Waals surface area contributed by atoms with Crippen LogP contribution in [0.5, 0.6) is 6.01 Å². The van der Waals surface area contributed by atoms with Crippen molar-refractivity contribution in [1.29, 1.82) is 0 Å². The molecule has 0 N–H and O–H groups in total. The Morgan fingerprint density at radius 3 is 2.26 bits per heavy atom. The van der Waals surface area contributed by atoms with Crippen molar-refractivity contribution in [2.24, 2.45) is 0 Å². The van der Waals surface area contributed by atoms with Crippen molar-refractivity contribution in [2.45, 2.75) is 0 Å². The molecule has 138 valence electrons. The van der Waals surface area contributed by atoms with Crippen molar-refractivity contribution >= 4 is 11.7 Å². The number of anilines is 1. The van der Waals surface area contributed by atoms with Gasteiger partial charge in [-0.05, 0) is 30.3 Å². The Morgan fingerprint density at radius 2 is 1.59 bits per heavy atom. The van der Waals surface area contributed by atoms with Crippen LogP contribution >= 0.6 is 0 Å². The van der Waals surface area contributed by atoms with Gasteiger partial charge in [-0.2, -0.15) is 0 Å². The van der Waals surface area contributed by atoms with Gasteiger partial charge in [-0.1, -0.05) is 0 Å². The monoisotopic (exact) mass is 365 g/mol. The van der Waals surface area contributed by atoms with Crippen molar-refractivity contribution in [3.05, 3.63) is 55.1 Å². The molecule has 1 fully saturated rings. The molecule has 3 aromatic heterocycles. The minimum absolute atomic E-state index is 0.0601. The lowest BCUT2D eigenvalue weighted by atomic mass is 10.3. The Balaban J connectivity index is 1.29. The molecule has 9 nitrogen and oxygen atoms in total. The third-order valence-electron chi connectivity index (χ3n) is 4.33. The third-order valence-corrected chi connectivity index (χ3v) is 4.33. The summed E-state index contributed by atoms with van der Waals surface area (Å²) in [6.07, 6.45) is 7.01. The van der Waals surface area contributed by atoms with Crippen LogP contribution in [0, 0.1) is 0 Å². The first-order valence-electron chi connectivity index (χ1n) is 8.69. The van der Waals surface area contributed by atoms with Gasteiger partial charge < -0.3 is 19.1 Å². The average Bonchev–Trinajstić information content (AvgIpc) is 3.28. The van der Waals surface area contributed by atoms with Gasteiger partial charge in [0.1, 0.15) is 0 Å². The van der Waals surface area contributed by atoms with Gasteiger partial charge >= 0.3 is 6.01 Å². The van der Waals surface area contributed by atoms with E-state index < -0.39 is 0 Å². The molecule has 4 rings (SSSR count). The molecule has 9 heteroatoms. The predicted octanol–water partition coefficient (Wildman–Crippen LogP) is 0.785. The maximum atomic E-state index is 12.3. The summed E-state index contributed by atoms with van der Waals surface area (Å²) in [4.78, 5) is 24.1. The Bertz CT molecular complexity index is 860. The van der Waals surface area contributed by atoms with Crippen molar-refractivity contribution in [3.8, 4) is 11.8 Å². The van der Waals surface area contributed by atoms with Crippen LogP contribution in [-0.4, -0.2) is 68.3 Å². The summed E-state index contributed by atoms with van der Waals surface area (Å²) < 4.78 is 7.24. The fourth-order valence-corrected chi connectivity index (χ4v) is 2.87. The summed E-state index contributed by atoms with van der Waals surface area (Å²) in [7, 11) is 0. The maximum absolute atomic E-state index is 12.3. The lowest BCUT2D eigenvalue weighted by Crippen LogP contribution is -2.50. The second-order valence-electron chi connectivity index (χ2n) is 6.03. The van der Waals surface area contributed by atoms with E-state index in [4.69, 9.17) is 4.74 Å². The molecule has 0 spiro atoms. The largest absolute Gasteiger partial charge is 0.453 e. The zero-order chi connectivity index (χ0) is 18.5. The fraction of sp³-hybridized carbons (Fsp3) is 0.278. The van der Waals surface area contributed by atoms with Crippen LogP contribution in [0.25, 0.3) is 5.82 Å². The van der Waals surface area contributed by atoms with E-state index in [1.807, 2.05) is 41.2 Å². The van der Waals surface area contributed by atoms with Gasteiger partial charge in [-0.25, -0.2) is 9.97 Å². The molecule has 3 aromatic rings. The van der Waals surface area contributed by atoms with E-state index in [2.05, 4.69) is 25.1 Å². The van der Waals surface area contributed by atoms with Crippen LogP contribution in [0.1, 0.15) is 0 Å². The lowest BCUT2D eigenvalue weighted by Gasteiger charge is -2.35. The van der Waals surface area contributed by atoms with Gasteiger partial charge in [0.25, 0.3) is 5.91 Å². The molecule has 0 aliphatic carbocycles. The normalized spacial score (nSPS) is 14.2. The summed E-state index contributed by atoms with van der Waals surface area (Å²) in [5, 5.41) is 8.59. The number of carbonyl (C=O) groups excluding carboxylic acids is 1. The van der Waals surface area contributed by atoms with Gasteiger partial charge in [0.15, 0.2) is 18.2 Å². The highest BCUT2D eigenvalue weighted by atomic mass is 16.5. The molecule has 0 atom stereocenters. The zero-order valence-electron chi connectivity index (χ0n) is 14.7. The van der Waals surface area contributed by atoms with E-state index in [1.54, 1.807) is 23.4 Å².